The highest BCUT2D eigenvalue weighted by Gasteiger charge is 2.33. The van der Waals surface area contributed by atoms with Crippen molar-refractivity contribution in [3.05, 3.63) is 76.6 Å². The fourth-order valence-corrected chi connectivity index (χ4v) is 4.21. The molecule has 0 saturated heterocycles. The number of hydrogen-bond donors (Lipinski definition) is 1. The van der Waals surface area contributed by atoms with E-state index in [1.165, 1.54) is 0 Å². The third-order valence-corrected chi connectivity index (χ3v) is 5.83. The molecule has 3 heterocycles. The molecule has 1 aliphatic rings. The molecule has 0 saturated carbocycles. The monoisotopic (exact) mass is 460 g/mol. The van der Waals surface area contributed by atoms with Crippen molar-refractivity contribution in [3.63, 3.8) is 0 Å². The summed E-state index contributed by atoms with van der Waals surface area (Å²) in [6.45, 7) is 4.47. The molecule has 0 radical (unpaired) electrons. The molecule has 0 bridgehead atoms. The number of halogens is 1. The first kappa shape index (κ1) is 21.1. The van der Waals surface area contributed by atoms with E-state index in [1.54, 1.807) is 23.0 Å². The second-order valence-electron chi connectivity index (χ2n) is 7.71. The third-order valence-electron chi connectivity index (χ3n) is 5.57. The highest BCUT2D eigenvalue weighted by atomic mass is 35.5. The van der Waals surface area contributed by atoms with Gasteiger partial charge in [-0.05, 0) is 43.7 Å². The number of benzene rings is 2. The molecule has 166 valence electrons. The van der Waals surface area contributed by atoms with Gasteiger partial charge in [-0.2, -0.15) is 14.9 Å². The zero-order valence-electron chi connectivity index (χ0n) is 18.1. The summed E-state index contributed by atoms with van der Waals surface area (Å²) in [6, 6.07) is 15.1. The molecule has 9 heteroatoms. The molecule has 2 aromatic carbocycles. The summed E-state index contributed by atoms with van der Waals surface area (Å²) in [4.78, 5) is 17.3. The standard InChI is InChI=1S/C24H21ClN6O2/c1-3-33-18-10-6-15(7-11-18)19-12-21(32)28-23-22(19)14(2)30-31(23)24-27-20(13-26-29-24)16-4-8-17(25)9-5-16/h4-11,13,19H,3,12H2,1-2H3,(H,28,32)/t19-/m1/s1. The maximum atomic E-state index is 12.6. The lowest BCUT2D eigenvalue weighted by molar-refractivity contribution is -0.116. The van der Waals surface area contributed by atoms with Gasteiger partial charge < -0.3 is 10.1 Å². The highest BCUT2D eigenvalue weighted by Crippen LogP contribution is 2.40. The molecule has 0 fully saturated rings. The van der Waals surface area contributed by atoms with Gasteiger partial charge in [-0.25, -0.2) is 4.98 Å². The smallest absolute Gasteiger partial charge is 0.272 e. The van der Waals surface area contributed by atoms with Gasteiger partial charge >= 0.3 is 0 Å². The Morgan fingerprint density at radius 3 is 2.64 bits per heavy atom. The van der Waals surface area contributed by atoms with Gasteiger partial charge in [0.15, 0.2) is 0 Å². The summed E-state index contributed by atoms with van der Waals surface area (Å²) >= 11 is 6.00. The van der Waals surface area contributed by atoms with Gasteiger partial charge in [0.2, 0.25) is 5.91 Å². The molecular weight excluding hydrogens is 440 g/mol. The molecule has 1 atom stereocenters. The van der Waals surface area contributed by atoms with E-state index in [-0.39, 0.29) is 17.8 Å². The quantitative estimate of drug-likeness (QED) is 0.469. The minimum atomic E-state index is -0.134. The number of anilines is 1. The number of hydrogen-bond acceptors (Lipinski definition) is 6. The predicted molar refractivity (Wildman–Crippen MR) is 125 cm³/mol. The largest absolute Gasteiger partial charge is 0.494 e. The van der Waals surface area contributed by atoms with Crippen LogP contribution in [0.5, 0.6) is 5.75 Å². The van der Waals surface area contributed by atoms with E-state index in [0.29, 0.717) is 29.6 Å². The van der Waals surface area contributed by atoms with Crippen molar-refractivity contribution in [1.82, 2.24) is 25.0 Å². The van der Waals surface area contributed by atoms with Crippen molar-refractivity contribution >= 4 is 23.3 Å². The van der Waals surface area contributed by atoms with Gasteiger partial charge in [0.1, 0.15) is 11.6 Å². The Morgan fingerprint density at radius 1 is 1.15 bits per heavy atom. The Bertz CT molecular complexity index is 1320. The van der Waals surface area contributed by atoms with E-state index in [2.05, 4.69) is 25.6 Å². The second-order valence-corrected chi connectivity index (χ2v) is 8.15. The van der Waals surface area contributed by atoms with Crippen LogP contribution in [0, 0.1) is 6.92 Å². The molecule has 0 aliphatic carbocycles. The summed E-state index contributed by atoms with van der Waals surface area (Å²) in [7, 11) is 0. The van der Waals surface area contributed by atoms with E-state index in [4.69, 9.17) is 16.3 Å². The Labute approximate surface area is 195 Å². The van der Waals surface area contributed by atoms with Crippen LogP contribution in [0.25, 0.3) is 17.2 Å². The van der Waals surface area contributed by atoms with Crippen LogP contribution in [-0.2, 0) is 4.79 Å². The van der Waals surface area contributed by atoms with Crippen LogP contribution in [0.4, 0.5) is 5.82 Å². The van der Waals surface area contributed by atoms with Crippen LogP contribution < -0.4 is 10.1 Å². The Morgan fingerprint density at radius 2 is 1.91 bits per heavy atom. The Hall–Kier alpha value is -3.78. The van der Waals surface area contributed by atoms with Gasteiger partial charge in [0.25, 0.3) is 5.95 Å². The van der Waals surface area contributed by atoms with Crippen molar-refractivity contribution in [2.75, 3.05) is 11.9 Å². The number of aromatic nitrogens is 5. The lowest BCUT2D eigenvalue weighted by Gasteiger charge is -2.24. The van der Waals surface area contributed by atoms with Gasteiger partial charge in [-0.1, -0.05) is 35.9 Å². The number of aryl methyl sites for hydroxylation is 1. The number of carbonyl (C=O) groups excluding carboxylic acids is 1. The van der Waals surface area contributed by atoms with E-state index < -0.39 is 0 Å². The predicted octanol–water partition coefficient (Wildman–Crippen LogP) is 4.56. The molecule has 2 aromatic heterocycles. The van der Waals surface area contributed by atoms with Gasteiger partial charge in [0, 0.05) is 28.5 Å². The van der Waals surface area contributed by atoms with E-state index >= 15 is 0 Å². The molecule has 33 heavy (non-hydrogen) atoms. The fraction of sp³-hybridized carbons (Fsp3) is 0.208. The molecule has 4 aromatic rings. The SMILES string of the molecule is CCOc1ccc([C@H]2CC(=O)Nc3c2c(C)nn3-c2nncc(-c3ccc(Cl)cc3)n2)cc1. The van der Waals surface area contributed by atoms with Crippen LogP contribution in [0.3, 0.4) is 0 Å². The minimum absolute atomic E-state index is 0.0932. The van der Waals surface area contributed by atoms with Crippen molar-refractivity contribution in [2.45, 2.75) is 26.2 Å². The van der Waals surface area contributed by atoms with Crippen LogP contribution >= 0.6 is 11.6 Å². The lowest BCUT2D eigenvalue weighted by Crippen LogP contribution is -2.25. The molecule has 1 aliphatic heterocycles. The number of rotatable bonds is 5. The molecule has 5 rings (SSSR count). The number of ether oxygens (including phenoxy) is 1. The number of amides is 1. The minimum Gasteiger partial charge on any atom is -0.494 e. The van der Waals surface area contributed by atoms with Crippen molar-refractivity contribution in [3.8, 4) is 23.0 Å². The summed E-state index contributed by atoms with van der Waals surface area (Å²) in [5.74, 6) is 1.42. The summed E-state index contributed by atoms with van der Waals surface area (Å²) in [6.07, 6.45) is 1.91. The number of nitrogens with zero attached hydrogens (tertiary/aromatic N) is 5. The Balaban J connectivity index is 1.56. The highest BCUT2D eigenvalue weighted by molar-refractivity contribution is 6.30. The molecular formula is C24H21ClN6O2. The molecule has 0 unspecified atom stereocenters. The first-order valence-electron chi connectivity index (χ1n) is 10.6. The van der Waals surface area contributed by atoms with Crippen LogP contribution in [0.2, 0.25) is 5.02 Å². The summed E-state index contributed by atoms with van der Waals surface area (Å²) in [5, 5.41) is 16.5. The molecule has 0 spiro atoms. The Kier molecular flexibility index (Phi) is 5.51. The average Bonchev–Trinajstić information content (AvgIpc) is 3.16. The number of nitrogens with one attached hydrogen (secondary N) is 1. The van der Waals surface area contributed by atoms with Crippen LogP contribution in [0.15, 0.2) is 54.7 Å². The maximum Gasteiger partial charge on any atom is 0.272 e. The van der Waals surface area contributed by atoms with E-state index in [9.17, 15) is 4.79 Å². The summed E-state index contributed by atoms with van der Waals surface area (Å²) < 4.78 is 7.10. The lowest BCUT2D eigenvalue weighted by atomic mass is 9.86. The third kappa shape index (κ3) is 4.05. The molecule has 1 N–H and O–H groups in total. The second kappa shape index (κ2) is 8.63. The molecule has 1 amide bonds. The van der Waals surface area contributed by atoms with Crippen LogP contribution in [-0.4, -0.2) is 37.5 Å². The van der Waals surface area contributed by atoms with Crippen molar-refractivity contribution in [2.24, 2.45) is 0 Å². The molecule has 8 nitrogen and oxygen atoms in total. The normalized spacial score (nSPS) is 15.1. The van der Waals surface area contributed by atoms with Gasteiger partial charge in [-0.3, -0.25) is 4.79 Å². The topological polar surface area (TPSA) is 94.8 Å². The zero-order chi connectivity index (χ0) is 22.9. The summed E-state index contributed by atoms with van der Waals surface area (Å²) in [5.41, 5.74) is 4.24. The zero-order valence-corrected chi connectivity index (χ0v) is 18.9. The number of carbonyl (C=O) groups is 1. The maximum absolute atomic E-state index is 12.6. The fourth-order valence-electron chi connectivity index (χ4n) is 4.08. The van der Waals surface area contributed by atoms with Gasteiger partial charge in [0.05, 0.1) is 24.2 Å². The van der Waals surface area contributed by atoms with Crippen molar-refractivity contribution in [1.29, 1.82) is 0 Å². The van der Waals surface area contributed by atoms with E-state index in [1.807, 2.05) is 50.2 Å². The first-order chi connectivity index (χ1) is 16.0. The first-order valence-corrected chi connectivity index (χ1v) is 11.0. The number of fused-ring (bicyclic) bond motifs is 1. The van der Waals surface area contributed by atoms with Crippen molar-refractivity contribution < 1.29 is 9.53 Å². The van der Waals surface area contributed by atoms with Gasteiger partial charge in [-0.15, -0.1) is 5.10 Å². The van der Waals surface area contributed by atoms with E-state index in [0.717, 1.165) is 28.1 Å². The van der Waals surface area contributed by atoms with Crippen LogP contribution in [0.1, 0.15) is 36.1 Å². The average molecular weight is 461 g/mol.